The highest BCUT2D eigenvalue weighted by atomic mass is 32.1. The van der Waals surface area contributed by atoms with Crippen LogP contribution in [0.2, 0.25) is 0 Å². The van der Waals surface area contributed by atoms with Gasteiger partial charge in [-0.1, -0.05) is 6.92 Å². The van der Waals surface area contributed by atoms with E-state index in [2.05, 4.69) is 22.1 Å². The predicted octanol–water partition coefficient (Wildman–Crippen LogP) is 2.77. The average Bonchev–Trinajstić information content (AvgIpc) is 3.06. The molecule has 1 aromatic rings. The van der Waals surface area contributed by atoms with Gasteiger partial charge in [0.15, 0.2) is 10.8 Å². The number of carbonyl (C=O) groups excluding carboxylic acids is 1. The molecule has 1 unspecified atom stereocenters. The molecular formula is C15H25N3O2S. The molecule has 0 saturated carbocycles. The molecule has 0 radical (unpaired) electrons. The van der Waals surface area contributed by atoms with E-state index < -0.39 is 0 Å². The monoisotopic (exact) mass is 311 g/mol. The van der Waals surface area contributed by atoms with Gasteiger partial charge in [-0.2, -0.15) is 0 Å². The summed E-state index contributed by atoms with van der Waals surface area (Å²) in [6.45, 7) is 10.8. The van der Waals surface area contributed by atoms with Crippen LogP contribution in [-0.4, -0.2) is 48.6 Å². The van der Waals surface area contributed by atoms with Gasteiger partial charge in [0.25, 0.3) is 0 Å². The van der Waals surface area contributed by atoms with Gasteiger partial charge in [-0.05, 0) is 45.7 Å². The van der Waals surface area contributed by atoms with E-state index in [0.717, 1.165) is 23.1 Å². The fraction of sp³-hybridized carbons (Fsp3) is 0.733. The van der Waals surface area contributed by atoms with E-state index in [9.17, 15) is 4.79 Å². The molecule has 2 heterocycles. The van der Waals surface area contributed by atoms with Gasteiger partial charge in [0.1, 0.15) is 0 Å². The Kier molecular flexibility index (Phi) is 5.99. The molecule has 0 spiro atoms. The summed E-state index contributed by atoms with van der Waals surface area (Å²) in [5.74, 6) is 0.239. The van der Waals surface area contributed by atoms with Crippen LogP contribution in [0.3, 0.4) is 0 Å². The molecule has 118 valence electrons. The Morgan fingerprint density at radius 2 is 2.19 bits per heavy atom. The Bertz CT molecular complexity index is 469. The van der Waals surface area contributed by atoms with E-state index in [0.29, 0.717) is 18.2 Å². The number of anilines is 1. The van der Waals surface area contributed by atoms with Crippen molar-refractivity contribution in [1.29, 1.82) is 0 Å². The number of rotatable bonds is 7. The van der Waals surface area contributed by atoms with Crippen molar-refractivity contribution in [3.63, 3.8) is 0 Å². The summed E-state index contributed by atoms with van der Waals surface area (Å²) >= 11 is 1.52. The van der Waals surface area contributed by atoms with Crippen molar-refractivity contribution in [2.24, 2.45) is 5.92 Å². The summed E-state index contributed by atoms with van der Waals surface area (Å²) in [5, 5.41) is 4.16. The Balaban J connectivity index is 1.82. The van der Waals surface area contributed by atoms with E-state index in [1.54, 1.807) is 6.92 Å². The molecule has 5 nitrogen and oxygen atoms in total. The molecule has 0 bridgehead atoms. The highest BCUT2D eigenvalue weighted by molar-refractivity contribution is 7.15. The smallest absolute Gasteiger partial charge is 0.358 e. The molecule has 1 aromatic heterocycles. The van der Waals surface area contributed by atoms with Crippen LogP contribution in [0.4, 0.5) is 5.13 Å². The topological polar surface area (TPSA) is 54.5 Å². The van der Waals surface area contributed by atoms with Crippen molar-refractivity contribution >= 4 is 22.4 Å². The normalized spacial score (nSPS) is 16.9. The molecule has 0 aliphatic carbocycles. The van der Waals surface area contributed by atoms with E-state index in [4.69, 9.17) is 4.74 Å². The third-order valence-corrected chi connectivity index (χ3v) is 4.56. The van der Waals surface area contributed by atoms with Crippen molar-refractivity contribution in [3.8, 4) is 0 Å². The first-order valence-electron chi connectivity index (χ1n) is 7.71. The van der Waals surface area contributed by atoms with Gasteiger partial charge in [-0.15, -0.1) is 11.3 Å². The summed E-state index contributed by atoms with van der Waals surface area (Å²) in [4.78, 5) is 19.5. The van der Waals surface area contributed by atoms with Gasteiger partial charge < -0.3 is 15.0 Å². The lowest BCUT2D eigenvalue weighted by Crippen LogP contribution is -2.28. The molecule has 1 aliphatic heterocycles. The van der Waals surface area contributed by atoms with Gasteiger partial charge in [0.05, 0.1) is 6.61 Å². The summed E-state index contributed by atoms with van der Waals surface area (Å²) in [7, 11) is 0. The number of ether oxygens (including phenoxy) is 1. The average molecular weight is 311 g/mol. The molecule has 2 rings (SSSR count). The number of nitrogens with zero attached hydrogens (tertiary/aromatic N) is 2. The number of thiazole rings is 1. The summed E-state index contributed by atoms with van der Waals surface area (Å²) in [6.07, 6.45) is 2.66. The summed E-state index contributed by atoms with van der Waals surface area (Å²) in [6, 6.07) is 0. The van der Waals surface area contributed by atoms with Gasteiger partial charge in [0, 0.05) is 18.0 Å². The second-order valence-corrected chi connectivity index (χ2v) is 6.84. The number of carbonyl (C=O) groups is 1. The van der Waals surface area contributed by atoms with Crippen LogP contribution in [0.15, 0.2) is 0 Å². The molecule has 1 N–H and O–H groups in total. The third kappa shape index (κ3) is 4.68. The minimum Gasteiger partial charge on any atom is -0.461 e. The Labute approximate surface area is 130 Å². The predicted molar refractivity (Wildman–Crippen MR) is 86.1 cm³/mol. The van der Waals surface area contributed by atoms with Gasteiger partial charge >= 0.3 is 5.97 Å². The van der Waals surface area contributed by atoms with Gasteiger partial charge in [-0.25, -0.2) is 9.78 Å². The van der Waals surface area contributed by atoms with E-state index in [-0.39, 0.29) is 5.97 Å². The number of aromatic nitrogens is 1. The second kappa shape index (κ2) is 7.75. The zero-order chi connectivity index (χ0) is 15.2. The molecular weight excluding hydrogens is 286 g/mol. The number of hydrogen-bond donors (Lipinski definition) is 1. The van der Waals surface area contributed by atoms with Crippen LogP contribution in [0, 0.1) is 12.8 Å². The van der Waals surface area contributed by atoms with Crippen molar-refractivity contribution in [1.82, 2.24) is 9.88 Å². The van der Waals surface area contributed by atoms with Crippen molar-refractivity contribution < 1.29 is 9.53 Å². The molecule has 1 aliphatic rings. The molecule has 1 atom stereocenters. The van der Waals surface area contributed by atoms with Gasteiger partial charge in [-0.3, -0.25) is 0 Å². The lowest BCUT2D eigenvalue weighted by atomic mass is 10.2. The molecule has 1 saturated heterocycles. The Hall–Kier alpha value is -1.14. The van der Waals surface area contributed by atoms with Crippen LogP contribution >= 0.6 is 11.3 Å². The maximum atomic E-state index is 11.7. The van der Waals surface area contributed by atoms with Crippen molar-refractivity contribution in [2.45, 2.75) is 33.6 Å². The summed E-state index contributed by atoms with van der Waals surface area (Å²) in [5.41, 5.74) is 0.441. The number of esters is 1. The standard InChI is InChI=1S/C15H25N3O2S/c1-4-20-14(19)13-12(3)21-15(17-13)16-9-11(2)10-18-7-5-6-8-18/h11H,4-10H2,1-3H3,(H,16,17). The Morgan fingerprint density at radius 3 is 2.86 bits per heavy atom. The van der Waals surface area contributed by atoms with Crippen LogP contribution in [0.1, 0.15) is 42.1 Å². The quantitative estimate of drug-likeness (QED) is 0.785. The molecule has 1 fully saturated rings. The highest BCUT2D eigenvalue weighted by Crippen LogP contribution is 2.23. The molecule has 6 heteroatoms. The van der Waals surface area contributed by atoms with E-state index in [1.165, 1.54) is 37.3 Å². The first-order valence-corrected chi connectivity index (χ1v) is 8.52. The Morgan fingerprint density at radius 1 is 1.48 bits per heavy atom. The fourth-order valence-electron chi connectivity index (χ4n) is 2.59. The van der Waals surface area contributed by atoms with E-state index in [1.807, 2.05) is 6.92 Å². The summed E-state index contributed by atoms with van der Waals surface area (Å²) < 4.78 is 5.01. The number of likely N-dealkylation sites (tertiary alicyclic amines) is 1. The van der Waals surface area contributed by atoms with Crippen LogP contribution < -0.4 is 5.32 Å². The molecule has 0 aromatic carbocycles. The fourth-order valence-corrected chi connectivity index (χ4v) is 3.40. The number of aryl methyl sites for hydroxylation is 1. The second-order valence-electron chi connectivity index (χ2n) is 5.64. The van der Waals surface area contributed by atoms with Crippen LogP contribution in [0.25, 0.3) is 0 Å². The third-order valence-electron chi connectivity index (χ3n) is 3.64. The lowest BCUT2D eigenvalue weighted by Gasteiger charge is -2.20. The molecule has 21 heavy (non-hydrogen) atoms. The minimum absolute atomic E-state index is 0.329. The number of hydrogen-bond acceptors (Lipinski definition) is 6. The lowest BCUT2D eigenvalue weighted by molar-refractivity contribution is 0.0519. The minimum atomic E-state index is -0.329. The van der Waals surface area contributed by atoms with Crippen LogP contribution in [0.5, 0.6) is 0 Å². The zero-order valence-electron chi connectivity index (χ0n) is 13.1. The molecule has 0 amide bonds. The number of nitrogens with one attached hydrogen (secondary N) is 1. The van der Waals surface area contributed by atoms with Crippen molar-refractivity contribution in [3.05, 3.63) is 10.6 Å². The van der Waals surface area contributed by atoms with E-state index >= 15 is 0 Å². The van der Waals surface area contributed by atoms with Crippen LogP contribution in [-0.2, 0) is 4.74 Å². The zero-order valence-corrected chi connectivity index (χ0v) is 14.0. The largest absolute Gasteiger partial charge is 0.461 e. The first-order chi connectivity index (χ1) is 10.1. The van der Waals surface area contributed by atoms with Crippen molar-refractivity contribution in [2.75, 3.05) is 38.1 Å². The SMILES string of the molecule is CCOC(=O)c1nc(NCC(C)CN2CCCC2)sc1C. The maximum absolute atomic E-state index is 11.7. The first kappa shape index (κ1) is 16.2. The highest BCUT2D eigenvalue weighted by Gasteiger charge is 2.18. The maximum Gasteiger partial charge on any atom is 0.358 e. The van der Waals surface area contributed by atoms with Gasteiger partial charge in [0.2, 0.25) is 0 Å².